The molecule has 0 unspecified atom stereocenters. The molecule has 1 aromatic heterocycles. The summed E-state index contributed by atoms with van der Waals surface area (Å²) in [6, 6.07) is 14.2. The molecule has 1 heterocycles. The predicted molar refractivity (Wildman–Crippen MR) is 97.4 cm³/mol. The first kappa shape index (κ1) is 17.5. The van der Waals surface area contributed by atoms with Gasteiger partial charge in [-0.3, -0.25) is 4.79 Å². The fourth-order valence-corrected chi connectivity index (χ4v) is 3.22. The van der Waals surface area contributed by atoms with E-state index in [1.165, 1.54) is 11.8 Å². The SMILES string of the molecule is COc1ccccc1-c1nnc(S[C@@H](C)C(=O)c2cccc(Cl)c2)o1. The topological polar surface area (TPSA) is 65.2 Å². The van der Waals surface area contributed by atoms with Crippen molar-refractivity contribution >= 4 is 29.1 Å². The van der Waals surface area contributed by atoms with Gasteiger partial charge in [-0.1, -0.05) is 47.6 Å². The standard InChI is InChI=1S/C18H15ClN2O3S/c1-11(16(22)12-6-5-7-13(19)10-12)25-18-21-20-17(24-18)14-8-3-4-9-15(14)23-2/h3-11H,1-2H3/t11-/m0/s1. The maximum Gasteiger partial charge on any atom is 0.277 e. The molecule has 1 atom stereocenters. The number of hydrogen-bond acceptors (Lipinski definition) is 6. The minimum absolute atomic E-state index is 0.0514. The van der Waals surface area contributed by atoms with E-state index in [-0.39, 0.29) is 11.0 Å². The molecule has 25 heavy (non-hydrogen) atoms. The number of halogens is 1. The van der Waals surface area contributed by atoms with E-state index in [1.807, 2.05) is 24.3 Å². The van der Waals surface area contributed by atoms with Crippen LogP contribution in [0.15, 0.2) is 58.2 Å². The third kappa shape index (κ3) is 4.03. The summed E-state index contributed by atoms with van der Waals surface area (Å²) in [5, 5.41) is 8.52. The van der Waals surface area contributed by atoms with Crippen LogP contribution in [-0.2, 0) is 0 Å². The maximum atomic E-state index is 12.5. The normalized spacial score (nSPS) is 12.0. The molecule has 0 aliphatic heterocycles. The Morgan fingerprint density at radius 2 is 2.00 bits per heavy atom. The van der Waals surface area contributed by atoms with Gasteiger partial charge in [0.2, 0.25) is 0 Å². The first-order chi connectivity index (χ1) is 12.1. The van der Waals surface area contributed by atoms with E-state index >= 15 is 0 Å². The smallest absolute Gasteiger partial charge is 0.277 e. The van der Waals surface area contributed by atoms with Crippen LogP contribution < -0.4 is 4.74 Å². The third-order valence-corrected chi connectivity index (χ3v) is 4.67. The molecular formula is C18H15ClN2O3S. The number of ketones is 1. The van der Waals surface area contributed by atoms with Gasteiger partial charge in [0.05, 0.1) is 17.9 Å². The molecule has 5 nitrogen and oxygen atoms in total. The number of ether oxygens (including phenoxy) is 1. The van der Waals surface area contributed by atoms with Crippen molar-refractivity contribution < 1.29 is 13.9 Å². The first-order valence-corrected chi connectivity index (χ1v) is 8.77. The summed E-state index contributed by atoms with van der Waals surface area (Å²) in [6.07, 6.45) is 0. The Balaban J connectivity index is 1.76. The zero-order valence-electron chi connectivity index (χ0n) is 13.6. The van der Waals surface area contributed by atoms with Crippen molar-refractivity contribution in [2.24, 2.45) is 0 Å². The largest absolute Gasteiger partial charge is 0.496 e. The molecule has 3 aromatic rings. The lowest BCUT2D eigenvalue weighted by atomic mass is 10.1. The molecule has 0 fully saturated rings. The van der Waals surface area contributed by atoms with Crippen molar-refractivity contribution in [1.82, 2.24) is 10.2 Å². The van der Waals surface area contributed by atoms with E-state index in [0.29, 0.717) is 33.0 Å². The van der Waals surface area contributed by atoms with Crippen molar-refractivity contribution in [3.63, 3.8) is 0 Å². The lowest BCUT2D eigenvalue weighted by molar-refractivity contribution is 0.0993. The molecule has 0 saturated carbocycles. The molecule has 0 amide bonds. The number of benzene rings is 2. The van der Waals surface area contributed by atoms with E-state index < -0.39 is 0 Å². The number of para-hydroxylation sites is 1. The van der Waals surface area contributed by atoms with Crippen molar-refractivity contribution in [2.75, 3.05) is 7.11 Å². The number of aromatic nitrogens is 2. The summed E-state index contributed by atoms with van der Waals surface area (Å²) in [7, 11) is 1.58. The molecule has 128 valence electrons. The number of hydrogen-bond donors (Lipinski definition) is 0. The fraction of sp³-hybridized carbons (Fsp3) is 0.167. The molecule has 0 N–H and O–H groups in total. The van der Waals surface area contributed by atoms with E-state index in [2.05, 4.69) is 10.2 Å². The van der Waals surface area contributed by atoms with E-state index in [9.17, 15) is 4.79 Å². The van der Waals surface area contributed by atoms with Crippen LogP contribution in [0, 0.1) is 0 Å². The van der Waals surface area contributed by atoms with Crippen molar-refractivity contribution in [2.45, 2.75) is 17.4 Å². The van der Waals surface area contributed by atoms with Crippen LogP contribution in [0.3, 0.4) is 0 Å². The molecule has 0 spiro atoms. The molecule has 0 saturated heterocycles. The van der Waals surface area contributed by atoms with Crippen LogP contribution in [0.2, 0.25) is 5.02 Å². The van der Waals surface area contributed by atoms with Gasteiger partial charge in [-0.2, -0.15) is 0 Å². The summed E-state index contributed by atoms with van der Waals surface area (Å²) < 4.78 is 11.0. The Labute approximate surface area is 154 Å². The molecule has 2 aromatic carbocycles. The van der Waals surface area contributed by atoms with Crippen LogP contribution in [0.1, 0.15) is 17.3 Å². The fourth-order valence-electron chi connectivity index (χ4n) is 2.27. The average molecular weight is 375 g/mol. The second-order valence-electron chi connectivity index (χ2n) is 5.21. The van der Waals surface area contributed by atoms with Gasteiger partial charge in [-0.15, -0.1) is 10.2 Å². The molecule has 0 bridgehead atoms. The third-order valence-electron chi connectivity index (χ3n) is 3.50. The number of Topliss-reactive ketones (excluding diaryl/α,β-unsaturated/α-hetero) is 1. The highest BCUT2D eigenvalue weighted by atomic mass is 35.5. The van der Waals surface area contributed by atoms with Crippen LogP contribution in [0.25, 0.3) is 11.5 Å². The Morgan fingerprint density at radius 1 is 1.20 bits per heavy atom. The number of rotatable bonds is 6. The van der Waals surface area contributed by atoms with Crippen LogP contribution in [-0.4, -0.2) is 28.3 Å². The van der Waals surface area contributed by atoms with Gasteiger partial charge in [0.1, 0.15) is 5.75 Å². The number of nitrogens with zero attached hydrogens (tertiary/aromatic N) is 2. The van der Waals surface area contributed by atoms with Gasteiger partial charge in [0.15, 0.2) is 5.78 Å². The van der Waals surface area contributed by atoms with Crippen LogP contribution in [0.4, 0.5) is 0 Å². The second kappa shape index (κ2) is 7.72. The number of carbonyl (C=O) groups is 1. The van der Waals surface area contributed by atoms with Gasteiger partial charge >= 0.3 is 0 Å². The van der Waals surface area contributed by atoms with E-state index in [0.717, 1.165) is 0 Å². The van der Waals surface area contributed by atoms with Gasteiger partial charge in [-0.05, 0) is 31.2 Å². The van der Waals surface area contributed by atoms with Crippen molar-refractivity contribution in [1.29, 1.82) is 0 Å². The van der Waals surface area contributed by atoms with Gasteiger partial charge in [0, 0.05) is 10.6 Å². The highest BCUT2D eigenvalue weighted by Crippen LogP contribution is 2.32. The highest BCUT2D eigenvalue weighted by molar-refractivity contribution is 8.00. The Hall–Kier alpha value is -2.31. The number of carbonyl (C=O) groups excluding carboxylic acids is 1. The highest BCUT2D eigenvalue weighted by Gasteiger charge is 2.21. The molecule has 0 radical (unpaired) electrons. The maximum absolute atomic E-state index is 12.5. The predicted octanol–water partition coefficient (Wildman–Crippen LogP) is 4.76. The molecule has 0 aliphatic rings. The lowest BCUT2D eigenvalue weighted by Crippen LogP contribution is -2.13. The molecule has 0 aliphatic carbocycles. The summed E-state index contributed by atoms with van der Waals surface area (Å²) >= 11 is 7.15. The summed E-state index contributed by atoms with van der Waals surface area (Å²) in [6.45, 7) is 1.79. The number of methoxy groups -OCH3 is 1. The van der Waals surface area contributed by atoms with Crippen LogP contribution in [0.5, 0.6) is 5.75 Å². The zero-order valence-corrected chi connectivity index (χ0v) is 15.2. The first-order valence-electron chi connectivity index (χ1n) is 7.52. The summed E-state index contributed by atoms with van der Waals surface area (Å²) in [5.41, 5.74) is 1.26. The van der Waals surface area contributed by atoms with Crippen molar-refractivity contribution in [3.05, 3.63) is 59.1 Å². The number of thioether (sulfide) groups is 1. The summed E-state index contributed by atoms with van der Waals surface area (Å²) in [5.74, 6) is 0.942. The minimum atomic E-state index is -0.385. The van der Waals surface area contributed by atoms with Gasteiger partial charge in [-0.25, -0.2) is 0 Å². The van der Waals surface area contributed by atoms with Crippen LogP contribution >= 0.6 is 23.4 Å². The quantitative estimate of drug-likeness (QED) is 0.457. The second-order valence-corrected chi connectivity index (χ2v) is 6.94. The summed E-state index contributed by atoms with van der Waals surface area (Å²) in [4.78, 5) is 12.5. The Bertz CT molecular complexity index is 897. The van der Waals surface area contributed by atoms with E-state index in [4.69, 9.17) is 20.8 Å². The van der Waals surface area contributed by atoms with E-state index in [1.54, 1.807) is 38.3 Å². The minimum Gasteiger partial charge on any atom is -0.496 e. The molecule has 7 heteroatoms. The molecular weight excluding hydrogens is 360 g/mol. The Kier molecular flexibility index (Phi) is 5.40. The lowest BCUT2D eigenvalue weighted by Gasteiger charge is -2.07. The monoisotopic (exact) mass is 374 g/mol. The Morgan fingerprint density at radius 3 is 2.76 bits per heavy atom. The van der Waals surface area contributed by atoms with Gasteiger partial charge < -0.3 is 9.15 Å². The zero-order chi connectivity index (χ0) is 17.8. The van der Waals surface area contributed by atoms with Gasteiger partial charge in [0.25, 0.3) is 11.1 Å². The molecule has 3 rings (SSSR count). The van der Waals surface area contributed by atoms with Crippen molar-refractivity contribution in [3.8, 4) is 17.2 Å². The average Bonchev–Trinajstić information content (AvgIpc) is 3.09.